The Balaban J connectivity index is 1.73. The molecule has 0 unspecified atom stereocenters. The lowest BCUT2D eigenvalue weighted by Crippen LogP contribution is -2.47. The van der Waals surface area contributed by atoms with Crippen LogP contribution >= 0.6 is 0 Å². The van der Waals surface area contributed by atoms with E-state index in [1.807, 2.05) is 13.8 Å². The lowest BCUT2D eigenvalue weighted by molar-refractivity contribution is 0.232. The van der Waals surface area contributed by atoms with Crippen LogP contribution in [0.15, 0.2) is 30.6 Å². The Morgan fingerprint density at radius 3 is 2.40 bits per heavy atom. The maximum atomic E-state index is 13.4. The fourth-order valence-corrected chi connectivity index (χ4v) is 2.91. The van der Waals surface area contributed by atoms with E-state index in [1.54, 1.807) is 25.6 Å². The largest absolute Gasteiger partial charge is 0.494 e. The molecule has 1 aliphatic heterocycles. The van der Waals surface area contributed by atoms with E-state index >= 15 is 0 Å². The van der Waals surface area contributed by atoms with Crippen molar-refractivity contribution in [3.8, 4) is 11.6 Å². The lowest BCUT2D eigenvalue weighted by atomic mass is 10.2. The van der Waals surface area contributed by atoms with E-state index in [4.69, 9.17) is 9.47 Å². The van der Waals surface area contributed by atoms with Crippen molar-refractivity contribution in [3.63, 3.8) is 0 Å². The molecule has 2 aromatic rings. The minimum atomic E-state index is -0.297. The molecule has 2 heterocycles. The Labute approximate surface area is 147 Å². The van der Waals surface area contributed by atoms with Crippen LogP contribution in [0.25, 0.3) is 0 Å². The van der Waals surface area contributed by atoms with Gasteiger partial charge in [0.15, 0.2) is 5.82 Å². The average molecular weight is 346 g/mol. The van der Waals surface area contributed by atoms with Gasteiger partial charge in [-0.15, -0.1) is 0 Å². The van der Waals surface area contributed by atoms with Crippen LogP contribution < -0.4 is 19.3 Å². The second-order valence-electron chi connectivity index (χ2n) is 6.14. The third-order valence-corrected chi connectivity index (χ3v) is 4.06. The van der Waals surface area contributed by atoms with Crippen molar-refractivity contribution in [2.24, 2.45) is 0 Å². The van der Waals surface area contributed by atoms with Gasteiger partial charge in [0.1, 0.15) is 11.6 Å². The molecule has 0 spiro atoms. The van der Waals surface area contributed by atoms with Gasteiger partial charge in [0.2, 0.25) is 0 Å². The predicted molar refractivity (Wildman–Crippen MR) is 95.2 cm³/mol. The lowest BCUT2D eigenvalue weighted by Gasteiger charge is -2.37. The third-order valence-electron chi connectivity index (χ3n) is 4.06. The van der Waals surface area contributed by atoms with Gasteiger partial charge in [-0.3, -0.25) is 0 Å². The van der Waals surface area contributed by atoms with Crippen LogP contribution in [-0.2, 0) is 0 Å². The van der Waals surface area contributed by atoms with E-state index in [2.05, 4.69) is 19.8 Å². The van der Waals surface area contributed by atoms with E-state index in [0.717, 1.165) is 37.7 Å². The normalized spacial score (nSPS) is 14.8. The van der Waals surface area contributed by atoms with Gasteiger partial charge >= 0.3 is 0 Å². The first kappa shape index (κ1) is 17.3. The summed E-state index contributed by atoms with van der Waals surface area (Å²) in [6, 6.07) is 4.64. The van der Waals surface area contributed by atoms with Crippen molar-refractivity contribution in [3.05, 3.63) is 36.4 Å². The Bertz CT molecular complexity index is 718. The number of ether oxygens (including phenoxy) is 2. The van der Waals surface area contributed by atoms with Gasteiger partial charge < -0.3 is 19.3 Å². The molecular weight excluding hydrogens is 323 g/mol. The van der Waals surface area contributed by atoms with E-state index in [-0.39, 0.29) is 11.9 Å². The molecule has 1 aliphatic rings. The summed E-state index contributed by atoms with van der Waals surface area (Å²) in [5.41, 5.74) is 0.904. The fraction of sp³-hybridized carbons (Fsp3) is 0.444. The van der Waals surface area contributed by atoms with Gasteiger partial charge in [-0.05, 0) is 26.0 Å². The molecule has 0 atom stereocenters. The van der Waals surface area contributed by atoms with Crippen molar-refractivity contribution in [2.75, 3.05) is 43.1 Å². The van der Waals surface area contributed by atoms with Gasteiger partial charge in [0.25, 0.3) is 5.88 Å². The van der Waals surface area contributed by atoms with Crippen LogP contribution in [0.3, 0.4) is 0 Å². The number of hydrogen-bond donors (Lipinski definition) is 0. The molecule has 3 rings (SSSR count). The number of aromatic nitrogens is 2. The molecule has 134 valence electrons. The summed E-state index contributed by atoms with van der Waals surface area (Å²) in [6.45, 7) is 7.04. The Morgan fingerprint density at radius 2 is 1.72 bits per heavy atom. The van der Waals surface area contributed by atoms with Gasteiger partial charge in [-0.25, -0.2) is 14.4 Å². The molecule has 1 aromatic carbocycles. The maximum Gasteiger partial charge on any atom is 0.257 e. The summed E-state index contributed by atoms with van der Waals surface area (Å²) in [5, 5.41) is 0. The quantitative estimate of drug-likeness (QED) is 0.830. The highest BCUT2D eigenvalue weighted by atomic mass is 19.1. The molecule has 1 saturated heterocycles. The maximum absolute atomic E-state index is 13.4. The average Bonchev–Trinajstić information content (AvgIpc) is 2.62. The zero-order valence-corrected chi connectivity index (χ0v) is 14.8. The number of rotatable bonds is 5. The Kier molecular flexibility index (Phi) is 5.21. The summed E-state index contributed by atoms with van der Waals surface area (Å²) in [5.74, 6) is 1.58. The first-order valence-electron chi connectivity index (χ1n) is 8.39. The van der Waals surface area contributed by atoms with Crippen molar-refractivity contribution in [1.29, 1.82) is 0 Å². The minimum Gasteiger partial charge on any atom is -0.494 e. The molecule has 0 bridgehead atoms. The van der Waals surface area contributed by atoms with Crippen molar-refractivity contribution in [1.82, 2.24) is 9.97 Å². The summed E-state index contributed by atoms with van der Waals surface area (Å²) in [7, 11) is 1.56. The molecule has 1 aromatic heterocycles. The van der Waals surface area contributed by atoms with Crippen LogP contribution in [-0.4, -0.2) is 49.4 Å². The monoisotopic (exact) mass is 346 g/mol. The molecule has 1 fully saturated rings. The smallest absolute Gasteiger partial charge is 0.257 e. The van der Waals surface area contributed by atoms with E-state index in [9.17, 15) is 4.39 Å². The second kappa shape index (κ2) is 7.55. The molecule has 0 aliphatic carbocycles. The number of benzene rings is 1. The van der Waals surface area contributed by atoms with Crippen LogP contribution in [0.1, 0.15) is 13.8 Å². The molecule has 7 heteroatoms. The number of piperazine rings is 1. The zero-order chi connectivity index (χ0) is 17.8. The summed E-state index contributed by atoms with van der Waals surface area (Å²) >= 11 is 0. The molecule has 25 heavy (non-hydrogen) atoms. The van der Waals surface area contributed by atoms with Crippen LogP contribution in [0, 0.1) is 5.82 Å². The topological polar surface area (TPSA) is 50.7 Å². The molecule has 0 amide bonds. The first-order chi connectivity index (χ1) is 12.1. The van der Waals surface area contributed by atoms with Crippen molar-refractivity contribution in [2.45, 2.75) is 20.0 Å². The number of halogens is 1. The first-order valence-corrected chi connectivity index (χ1v) is 8.39. The van der Waals surface area contributed by atoms with Gasteiger partial charge in [-0.2, -0.15) is 0 Å². The molecule has 6 nitrogen and oxygen atoms in total. The predicted octanol–water partition coefficient (Wildman–Crippen LogP) is 2.74. The summed E-state index contributed by atoms with van der Waals surface area (Å²) < 4.78 is 24.5. The SMILES string of the molecule is COc1cc(F)ccc1N1CCN(c2nccnc2OC(C)C)CC1. The second-order valence-corrected chi connectivity index (χ2v) is 6.14. The molecular formula is C18H23FN4O2. The zero-order valence-electron chi connectivity index (χ0n) is 14.8. The number of methoxy groups -OCH3 is 1. The molecule has 0 saturated carbocycles. The van der Waals surface area contributed by atoms with Crippen molar-refractivity contribution >= 4 is 11.5 Å². The van der Waals surface area contributed by atoms with Crippen molar-refractivity contribution < 1.29 is 13.9 Å². The molecule has 0 N–H and O–H groups in total. The number of nitrogens with zero attached hydrogens (tertiary/aromatic N) is 4. The summed E-state index contributed by atoms with van der Waals surface area (Å²) in [4.78, 5) is 13.1. The van der Waals surface area contributed by atoms with Gasteiger partial charge in [0.05, 0.1) is 18.9 Å². The van der Waals surface area contributed by atoms with Gasteiger partial charge in [-0.1, -0.05) is 0 Å². The Morgan fingerprint density at radius 1 is 1.04 bits per heavy atom. The minimum absolute atomic E-state index is 0.0419. The van der Waals surface area contributed by atoms with Crippen LogP contribution in [0.5, 0.6) is 11.6 Å². The van der Waals surface area contributed by atoms with E-state index < -0.39 is 0 Å². The highest BCUT2D eigenvalue weighted by Gasteiger charge is 2.23. The summed E-state index contributed by atoms with van der Waals surface area (Å²) in [6.07, 6.45) is 3.36. The number of anilines is 2. The van der Waals surface area contributed by atoms with Crippen LogP contribution in [0.4, 0.5) is 15.9 Å². The fourth-order valence-electron chi connectivity index (χ4n) is 2.91. The van der Waals surface area contributed by atoms with Gasteiger partial charge in [0, 0.05) is 44.6 Å². The van der Waals surface area contributed by atoms with E-state index in [1.165, 1.54) is 12.1 Å². The number of hydrogen-bond acceptors (Lipinski definition) is 6. The molecule has 0 radical (unpaired) electrons. The Hall–Kier alpha value is -2.57. The highest BCUT2D eigenvalue weighted by molar-refractivity contribution is 5.60. The standard InChI is InChI=1S/C18H23FN4O2/c1-13(2)25-18-17(20-6-7-21-18)23-10-8-22(9-11-23)15-5-4-14(19)12-16(15)24-3/h4-7,12-13H,8-11H2,1-3H3. The van der Waals surface area contributed by atoms with Crippen LogP contribution in [0.2, 0.25) is 0 Å². The highest BCUT2D eigenvalue weighted by Crippen LogP contribution is 2.31. The van der Waals surface area contributed by atoms with E-state index in [0.29, 0.717) is 11.6 Å². The third kappa shape index (κ3) is 3.92.